The van der Waals surface area contributed by atoms with Crippen LogP contribution in [0.2, 0.25) is 0 Å². The molecule has 0 unspecified atom stereocenters. The lowest BCUT2D eigenvalue weighted by Gasteiger charge is -2.08. The molecule has 2 aromatic carbocycles. The lowest BCUT2D eigenvalue weighted by molar-refractivity contribution is 0.313. The van der Waals surface area contributed by atoms with Crippen molar-refractivity contribution < 1.29 is 4.74 Å². The van der Waals surface area contributed by atoms with Crippen molar-refractivity contribution in [2.24, 2.45) is 5.92 Å². The van der Waals surface area contributed by atoms with Gasteiger partial charge in [-0.25, -0.2) is 0 Å². The lowest BCUT2D eigenvalue weighted by atomic mass is 10.1. The Balaban J connectivity index is 1.53. The number of hydrogen-bond donors (Lipinski definition) is 1. The van der Waals surface area contributed by atoms with Crippen molar-refractivity contribution in [3.63, 3.8) is 0 Å². The van der Waals surface area contributed by atoms with Crippen molar-refractivity contribution >= 4 is 26.7 Å². The maximum Gasteiger partial charge on any atom is 0.120 e. The summed E-state index contributed by atoms with van der Waals surface area (Å²) < 4.78 is 6.88. The summed E-state index contributed by atoms with van der Waals surface area (Å²) in [6.07, 6.45) is 2.79. The molecule has 19 heavy (non-hydrogen) atoms. The molecule has 3 heteroatoms. The smallest absolute Gasteiger partial charge is 0.120 e. The van der Waals surface area contributed by atoms with Gasteiger partial charge in [0.15, 0.2) is 0 Å². The van der Waals surface area contributed by atoms with Crippen molar-refractivity contribution in [3.05, 3.63) is 40.9 Å². The third-order valence-electron chi connectivity index (χ3n) is 3.45. The molecule has 0 aliphatic heterocycles. The van der Waals surface area contributed by atoms with E-state index in [1.807, 2.05) is 6.07 Å². The molecule has 0 heterocycles. The van der Waals surface area contributed by atoms with E-state index in [-0.39, 0.29) is 0 Å². The van der Waals surface area contributed by atoms with Gasteiger partial charge in [-0.05, 0) is 60.3 Å². The minimum absolute atomic E-state index is 0.731. The van der Waals surface area contributed by atoms with Crippen LogP contribution < -0.4 is 10.1 Å². The number of halogens is 1. The number of nitrogens with one attached hydrogen (secondary N) is 1. The van der Waals surface area contributed by atoms with E-state index in [2.05, 4.69) is 51.6 Å². The molecule has 1 N–H and O–H groups in total. The molecule has 0 spiro atoms. The Morgan fingerprint density at radius 2 is 1.89 bits per heavy atom. The molecular weight excluding hydrogens is 302 g/mol. The monoisotopic (exact) mass is 319 g/mol. The van der Waals surface area contributed by atoms with Gasteiger partial charge in [0, 0.05) is 11.0 Å². The van der Waals surface area contributed by atoms with Gasteiger partial charge in [0.05, 0.1) is 0 Å². The van der Waals surface area contributed by atoms with Crippen LogP contribution in [0.15, 0.2) is 40.9 Å². The molecule has 1 saturated carbocycles. The van der Waals surface area contributed by atoms with E-state index in [1.165, 1.54) is 23.6 Å². The maximum atomic E-state index is 5.77. The molecule has 2 nitrogen and oxygen atoms in total. The summed E-state index contributed by atoms with van der Waals surface area (Å²) >= 11 is 3.49. The maximum absolute atomic E-state index is 5.77. The molecule has 0 aromatic heterocycles. The van der Waals surface area contributed by atoms with E-state index in [4.69, 9.17) is 4.74 Å². The van der Waals surface area contributed by atoms with Crippen LogP contribution in [0.5, 0.6) is 5.75 Å². The minimum atomic E-state index is 0.731. The first kappa shape index (κ1) is 12.9. The first-order valence-electron chi connectivity index (χ1n) is 6.84. The summed E-state index contributed by atoms with van der Waals surface area (Å²) in [6, 6.07) is 12.5. The van der Waals surface area contributed by atoms with Crippen LogP contribution in [0.4, 0.5) is 0 Å². The molecule has 1 aliphatic carbocycles. The molecule has 0 atom stereocenters. The highest BCUT2D eigenvalue weighted by atomic mass is 79.9. The number of hydrogen-bond acceptors (Lipinski definition) is 2. The molecule has 0 bridgehead atoms. The van der Waals surface area contributed by atoms with Gasteiger partial charge in [-0.2, -0.15) is 0 Å². The minimum Gasteiger partial charge on any atom is -0.492 e. The fourth-order valence-electron chi connectivity index (χ4n) is 2.15. The Kier molecular flexibility index (Phi) is 4.04. The normalized spacial score (nSPS) is 14.8. The molecule has 2 aromatic rings. The molecule has 3 rings (SSSR count). The summed E-state index contributed by atoms with van der Waals surface area (Å²) in [7, 11) is 0. The van der Waals surface area contributed by atoms with E-state index >= 15 is 0 Å². The van der Waals surface area contributed by atoms with Gasteiger partial charge in [0.2, 0.25) is 0 Å². The Morgan fingerprint density at radius 3 is 2.74 bits per heavy atom. The van der Waals surface area contributed by atoms with Gasteiger partial charge in [-0.1, -0.05) is 28.1 Å². The number of fused-ring (bicyclic) bond motifs is 1. The lowest BCUT2D eigenvalue weighted by Crippen LogP contribution is -2.23. The van der Waals surface area contributed by atoms with Gasteiger partial charge >= 0.3 is 0 Å². The van der Waals surface area contributed by atoms with Crippen LogP contribution in [-0.2, 0) is 0 Å². The van der Waals surface area contributed by atoms with E-state index in [0.29, 0.717) is 0 Å². The summed E-state index contributed by atoms with van der Waals surface area (Å²) in [5.41, 5.74) is 0. The van der Waals surface area contributed by atoms with Crippen molar-refractivity contribution in [2.45, 2.75) is 12.8 Å². The third-order valence-corrected chi connectivity index (χ3v) is 3.94. The van der Waals surface area contributed by atoms with Crippen molar-refractivity contribution in [3.8, 4) is 5.75 Å². The van der Waals surface area contributed by atoms with Crippen molar-refractivity contribution in [1.82, 2.24) is 5.32 Å². The highest BCUT2D eigenvalue weighted by Gasteiger charge is 2.19. The molecule has 100 valence electrons. The van der Waals surface area contributed by atoms with Gasteiger partial charge in [-0.15, -0.1) is 0 Å². The molecule has 0 amide bonds. The highest BCUT2D eigenvalue weighted by molar-refractivity contribution is 9.10. The molecule has 1 fully saturated rings. The number of ether oxygens (including phenoxy) is 1. The summed E-state index contributed by atoms with van der Waals surface area (Å²) in [4.78, 5) is 0. The quantitative estimate of drug-likeness (QED) is 0.813. The first-order chi connectivity index (χ1) is 9.31. The zero-order chi connectivity index (χ0) is 13.1. The summed E-state index contributed by atoms with van der Waals surface area (Å²) in [6.45, 7) is 2.80. The zero-order valence-electron chi connectivity index (χ0n) is 10.9. The molecule has 0 saturated heterocycles. The largest absolute Gasteiger partial charge is 0.492 e. The Hall–Kier alpha value is -1.06. The summed E-state index contributed by atoms with van der Waals surface area (Å²) in [5, 5.41) is 5.88. The highest BCUT2D eigenvalue weighted by Crippen LogP contribution is 2.27. The summed E-state index contributed by atoms with van der Waals surface area (Å²) in [5.74, 6) is 1.88. The molecule has 1 aliphatic rings. The van der Waals surface area contributed by atoms with E-state index < -0.39 is 0 Å². The second-order valence-corrected chi connectivity index (χ2v) is 6.06. The van der Waals surface area contributed by atoms with Gasteiger partial charge in [0.1, 0.15) is 12.4 Å². The topological polar surface area (TPSA) is 21.3 Å². The standard InChI is InChI=1S/C16H18BrNO/c17-15-5-3-14-10-16(6-4-13(14)9-15)19-8-7-18-11-12-1-2-12/h3-6,9-10,12,18H,1-2,7-8,11H2. The Bertz CT molecular complexity index is 566. The predicted octanol–water partition coefficient (Wildman–Crippen LogP) is 3.98. The number of benzene rings is 2. The van der Waals surface area contributed by atoms with Crippen molar-refractivity contribution in [2.75, 3.05) is 19.7 Å². The van der Waals surface area contributed by atoms with Crippen LogP contribution in [0, 0.1) is 5.92 Å². The van der Waals surface area contributed by atoms with Crippen LogP contribution in [0.3, 0.4) is 0 Å². The van der Waals surface area contributed by atoms with E-state index in [9.17, 15) is 0 Å². The van der Waals surface area contributed by atoms with E-state index in [0.717, 1.165) is 35.8 Å². The molecule has 0 radical (unpaired) electrons. The van der Waals surface area contributed by atoms with Gasteiger partial charge in [0.25, 0.3) is 0 Å². The second kappa shape index (κ2) is 5.93. The van der Waals surface area contributed by atoms with Crippen LogP contribution in [0.25, 0.3) is 10.8 Å². The van der Waals surface area contributed by atoms with Crippen molar-refractivity contribution in [1.29, 1.82) is 0 Å². The first-order valence-corrected chi connectivity index (χ1v) is 7.63. The Morgan fingerprint density at radius 1 is 1.11 bits per heavy atom. The second-order valence-electron chi connectivity index (χ2n) is 5.15. The fraction of sp³-hybridized carbons (Fsp3) is 0.375. The van der Waals surface area contributed by atoms with Gasteiger partial charge < -0.3 is 10.1 Å². The van der Waals surface area contributed by atoms with Crippen LogP contribution >= 0.6 is 15.9 Å². The third kappa shape index (κ3) is 3.71. The van der Waals surface area contributed by atoms with E-state index in [1.54, 1.807) is 0 Å². The predicted molar refractivity (Wildman–Crippen MR) is 82.7 cm³/mol. The SMILES string of the molecule is Brc1ccc2cc(OCCNCC3CC3)ccc2c1. The Labute approximate surface area is 122 Å². The van der Waals surface area contributed by atoms with Gasteiger partial charge in [-0.3, -0.25) is 0 Å². The molecular formula is C16H18BrNO. The zero-order valence-corrected chi connectivity index (χ0v) is 12.4. The van der Waals surface area contributed by atoms with Crippen LogP contribution in [0.1, 0.15) is 12.8 Å². The fourth-order valence-corrected chi connectivity index (χ4v) is 2.53. The average molecular weight is 320 g/mol. The number of rotatable bonds is 6. The van der Waals surface area contributed by atoms with Crippen LogP contribution in [-0.4, -0.2) is 19.7 Å². The average Bonchev–Trinajstić information content (AvgIpc) is 3.22.